The molecule has 4 rings (SSSR count). The average molecular weight is 348 g/mol. The van der Waals surface area contributed by atoms with Crippen LogP contribution in [0.1, 0.15) is 11.1 Å². The zero-order chi connectivity index (χ0) is 17.8. The Labute approximate surface area is 152 Å². The summed E-state index contributed by atoms with van der Waals surface area (Å²) in [4.78, 5) is 21.4. The topological polar surface area (TPSA) is 60.2 Å². The molecule has 5 heteroatoms. The molecule has 2 heterocycles. The predicted molar refractivity (Wildman–Crippen MR) is 99.6 cm³/mol. The maximum atomic E-state index is 12.5. The van der Waals surface area contributed by atoms with Gasteiger partial charge in [0, 0.05) is 0 Å². The highest BCUT2D eigenvalue weighted by molar-refractivity contribution is 6.63. The normalized spacial score (nSPS) is 21.5. The van der Waals surface area contributed by atoms with E-state index in [1.165, 1.54) is 11.1 Å². The van der Waals surface area contributed by atoms with Gasteiger partial charge in [0.15, 0.2) is 0 Å². The van der Waals surface area contributed by atoms with Gasteiger partial charge in [-0.25, -0.2) is 9.98 Å². The Morgan fingerprint density at radius 2 is 1.19 bits per heavy atom. The van der Waals surface area contributed by atoms with E-state index in [0.29, 0.717) is 13.2 Å². The third kappa shape index (κ3) is 3.82. The molecule has 0 N–H and O–H groups in total. The first kappa shape index (κ1) is 16.5. The fourth-order valence-electron chi connectivity index (χ4n) is 3.15. The molecule has 0 spiro atoms. The molecule has 132 valence electrons. The second-order valence-electron chi connectivity index (χ2n) is 6.51. The largest absolute Gasteiger partial charge is 0.473 e. The number of aliphatic imine (C=N–C) groups is 2. The summed E-state index contributed by atoms with van der Waals surface area (Å²) in [5, 5.41) is 0. The zero-order valence-electron chi connectivity index (χ0n) is 14.4. The number of hydrogen-bond acceptors (Lipinski definition) is 5. The molecule has 0 radical (unpaired) electrons. The van der Waals surface area contributed by atoms with Crippen LogP contribution in [0.15, 0.2) is 70.6 Å². The van der Waals surface area contributed by atoms with E-state index in [1.54, 1.807) is 0 Å². The van der Waals surface area contributed by atoms with Gasteiger partial charge in [-0.15, -0.1) is 0 Å². The number of carbonyl (C=O) groups excluding carboxylic acids is 1. The Bertz CT molecular complexity index is 761. The monoisotopic (exact) mass is 348 g/mol. The minimum absolute atomic E-state index is 0.0431. The van der Waals surface area contributed by atoms with Gasteiger partial charge in [0.05, 0.1) is 12.1 Å². The van der Waals surface area contributed by atoms with E-state index >= 15 is 0 Å². The lowest BCUT2D eigenvalue weighted by atomic mass is 10.1. The van der Waals surface area contributed by atoms with Crippen LogP contribution in [0.3, 0.4) is 0 Å². The van der Waals surface area contributed by atoms with Gasteiger partial charge in [0.25, 0.3) is 11.8 Å². The van der Waals surface area contributed by atoms with E-state index in [2.05, 4.69) is 9.98 Å². The van der Waals surface area contributed by atoms with E-state index in [9.17, 15) is 4.79 Å². The minimum Gasteiger partial charge on any atom is -0.473 e. The lowest BCUT2D eigenvalue weighted by molar-refractivity contribution is -0.109. The lowest BCUT2D eigenvalue weighted by Crippen LogP contribution is -2.24. The molecular formula is C21H20N2O3. The standard InChI is InChI=1S/C21H20N2O3/c24-19(20-22-17(13-25-20)11-15-7-3-1-4-8-15)21-23-18(14-26-21)12-16-9-5-2-6-10-16/h1-10,17-18H,11-14H2/t17-,18-/m0/s1. The Hall–Kier alpha value is -2.95. The highest BCUT2D eigenvalue weighted by Gasteiger charge is 2.32. The average Bonchev–Trinajstić information content (AvgIpc) is 3.33. The van der Waals surface area contributed by atoms with E-state index in [0.717, 1.165) is 12.8 Å². The molecule has 0 aliphatic carbocycles. The number of rotatable bonds is 6. The molecule has 2 aliphatic rings. The summed E-state index contributed by atoms with van der Waals surface area (Å²) >= 11 is 0. The maximum Gasteiger partial charge on any atom is 0.301 e. The van der Waals surface area contributed by atoms with Crippen molar-refractivity contribution in [1.29, 1.82) is 0 Å². The van der Waals surface area contributed by atoms with Crippen LogP contribution in [0.4, 0.5) is 0 Å². The van der Waals surface area contributed by atoms with Crippen molar-refractivity contribution < 1.29 is 14.3 Å². The molecule has 0 bridgehead atoms. The lowest BCUT2D eigenvalue weighted by Gasteiger charge is -2.04. The van der Waals surface area contributed by atoms with Crippen molar-refractivity contribution in [3.8, 4) is 0 Å². The highest BCUT2D eigenvalue weighted by atomic mass is 16.5. The molecule has 0 fully saturated rings. The fourth-order valence-corrected chi connectivity index (χ4v) is 3.15. The van der Waals surface area contributed by atoms with Crippen LogP contribution in [-0.2, 0) is 27.1 Å². The second kappa shape index (κ2) is 7.52. The number of ether oxygens (including phenoxy) is 2. The number of carbonyl (C=O) groups is 1. The van der Waals surface area contributed by atoms with Gasteiger partial charge in [0.1, 0.15) is 13.2 Å². The number of benzene rings is 2. The van der Waals surface area contributed by atoms with Crippen LogP contribution >= 0.6 is 0 Å². The van der Waals surface area contributed by atoms with Crippen molar-refractivity contribution in [3.63, 3.8) is 0 Å². The summed E-state index contributed by atoms with van der Waals surface area (Å²) in [6.07, 6.45) is 1.50. The molecule has 2 aromatic rings. The Kier molecular flexibility index (Phi) is 4.78. The predicted octanol–water partition coefficient (Wildman–Crippen LogP) is 2.64. The molecule has 0 saturated carbocycles. The van der Waals surface area contributed by atoms with Gasteiger partial charge in [-0.2, -0.15) is 0 Å². The molecule has 0 amide bonds. The fraction of sp³-hybridized carbons (Fsp3) is 0.286. The molecule has 2 atom stereocenters. The Balaban J connectivity index is 1.38. The van der Waals surface area contributed by atoms with Gasteiger partial charge >= 0.3 is 5.78 Å². The summed E-state index contributed by atoms with van der Waals surface area (Å²) in [7, 11) is 0. The third-order valence-electron chi connectivity index (χ3n) is 4.44. The quantitative estimate of drug-likeness (QED) is 0.806. The third-order valence-corrected chi connectivity index (χ3v) is 4.44. The van der Waals surface area contributed by atoms with Crippen molar-refractivity contribution in [2.45, 2.75) is 24.9 Å². The van der Waals surface area contributed by atoms with Crippen molar-refractivity contribution in [2.24, 2.45) is 9.98 Å². The maximum absolute atomic E-state index is 12.5. The Morgan fingerprint density at radius 1 is 0.769 bits per heavy atom. The second-order valence-corrected chi connectivity index (χ2v) is 6.51. The van der Waals surface area contributed by atoms with Crippen LogP contribution in [0, 0.1) is 0 Å². The molecule has 26 heavy (non-hydrogen) atoms. The first-order valence-electron chi connectivity index (χ1n) is 8.81. The number of hydrogen-bond donors (Lipinski definition) is 0. The summed E-state index contributed by atoms with van der Waals surface area (Å²) < 4.78 is 11.0. The number of nitrogens with zero attached hydrogens (tertiary/aromatic N) is 2. The first-order valence-corrected chi connectivity index (χ1v) is 8.81. The minimum atomic E-state index is -0.351. The molecule has 2 aliphatic heterocycles. The smallest absolute Gasteiger partial charge is 0.301 e. The molecule has 0 aromatic heterocycles. The van der Waals surface area contributed by atoms with E-state index in [1.807, 2.05) is 60.7 Å². The van der Waals surface area contributed by atoms with Crippen molar-refractivity contribution >= 4 is 17.6 Å². The van der Waals surface area contributed by atoms with Gasteiger partial charge < -0.3 is 9.47 Å². The van der Waals surface area contributed by atoms with Gasteiger partial charge in [0.2, 0.25) is 0 Å². The summed E-state index contributed by atoms with van der Waals surface area (Å²) in [6.45, 7) is 0.827. The van der Waals surface area contributed by atoms with Crippen LogP contribution in [-0.4, -0.2) is 42.9 Å². The molecule has 2 aromatic carbocycles. The van der Waals surface area contributed by atoms with Crippen molar-refractivity contribution in [1.82, 2.24) is 0 Å². The summed E-state index contributed by atoms with van der Waals surface area (Å²) in [5.41, 5.74) is 2.35. The van der Waals surface area contributed by atoms with E-state index in [4.69, 9.17) is 9.47 Å². The van der Waals surface area contributed by atoms with E-state index in [-0.39, 0.29) is 29.7 Å². The van der Waals surface area contributed by atoms with Crippen LogP contribution in [0.5, 0.6) is 0 Å². The molecule has 0 saturated heterocycles. The van der Waals surface area contributed by atoms with Gasteiger partial charge in [-0.1, -0.05) is 60.7 Å². The van der Waals surface area contributed by atoms with E-state index < -0.39 is 0 Å². The van der Waals surface area contributed by atoms with Crippen LogP contribution in [0.2, 0.25) is 0 Å². The Morgan fingerprint density at radius 3 is 1.62 bits per heavy atom. The van der Waals surface area contributed by atoms with Crippen LogP contribution < -0.4 is 0 Å². The highest BCUT2D eigenvalue weighted by Crippen LogP contribution is 2.16. The zero-order valence-corrected chi connectivity index (χ0v) is 14.4. The van der Waals surface area contributed by atoms with Gasteiger partial charge in [-0.05, 0) is 24.0 Å². The summed E-state index contributed by atoms with van der Waals surface area (Å²) in [5.74, 6) is -0.119. The SMILES string of the molecule is O=C(C1=N[C@@H](Cc2ccccc2)CO1)C1=N[C@@H](Cc2ccccc2)CO1. The number of Topliss-reactive ketones (excluding diaryl/α,β-unsaturated/α-hetero) is 1. The van der Waals surface area contributed by atoms with Crippen molar-refractivity contribution in [2.75, 3.05) is 13.2 Å². The van der Waals surface area contributed by atoms with Crippen LogP contribution in [0.25, 0.3) is 0 Å². The summed E-state index contributed by atoms with van der Waals surface area (Å²) in [6, 6.07) is 20.1. The molecule has 5 nitrogen and oxygen atoms in total. The molecule has 0 unspecified atom stereocenters. The van der Waals surface area contributed by atoms with Gasteiger partial charge in [-0.3, -0.25) is 4.79 Å². The first-order chi connectivity index (χ1) is 12.8. The molecular weight excluding hydrogens is 328 g/mol. The van der Waals surface area contributed by atoms with Crippen molar-refractivity contribution in [3.05, 3.63) is 71.8 Å². The number of ketones is 1.